The fourth-order valence-electron chi connectivity index (χ4n) is 1.05. The number of aliphatic hydroxyl groups is 1. The SMILES string of the molecule is CC#CC(O)Cc1ccccc1. The molecule has 0 saturated heterocycles. The van der Waals surface area contributed by atoms with Gasteiger partial charge in [-0.05, 0) is 12.5 Å². The molecule has 0 heterocycles. The molecule has 62 valence electrons. The molecule has 0 aliphatic rings. The molecule has 12 heavy (non-hydrogen) atoms. The molecule has 0 bridgehead atoms. The lowest BCUT2D eigenvalue weighted by Gasteiger charge is -2.01. The third-order valence-corrected chi connectivity index (χ3v) is 1.58. The van der Waals surface area contributed by atoms with E-state index < -0.39 is 6.10 Å². The van der Waals surface area contributed by atoms with Crippen LogP contribution in [0.1, 0.15) is 12.5 Å². The summed E-state index contributed by atoms with van der Waals surface area (Å²) in [5, 5.41) is 9.33. The van der Waals surface area contributed by atoms with Gasteiger partial charge in [-0.3, -0.25) is 0 Å². The van der Waals surface area contributed by atoms with Crippen molar-refractivity contribution in [1.29, 1.82) is 0 Å². The van der Waals surface area contributed by atoms with Crippen LogP contribution in [0.3, 0.4) is 0 Å². The van der Waals surface area contributed by atoms with Crippen molar-refractivity contribution in [3.63, 3.8) is 0 Å². The first kappa shape index (κ1) is 8.83. The fourth-order valence-corrected chi connectivity index (χ4v) is 1.05. The van der Waals surface area contributed by atoms with E-state index in [1.807, 2.05) is 30.3 Å². The number of rotatable bonds is 2. The number of hydrogen-bond donors (Lipinski definition) is 1. The Hall–Kier alpha value is -1.26. The molecular formula is C11H12O. The largest absolute Gasteiger partial charge is 0.380 e. The van der Waals surface area contributed by atoms with E-state index in [9.17, 15) is 5.11 Å². The Balaban J connectivity index is 2.56. The summed E-state index contributed by atoms with van der Waals surface area (Å²) in [6.45, 7) is 1.73. The summed E-state index contributed by atoms with van der Waals surface area (Å²) < 4.78 is 0. The third kappa shape index (κ3) is 2.77. The normalized spacial score (nSPS) is 11.5. The van der Waals surface area contributed by atoms with Crippen LogP contribution in [0.2, 0.25) is 0 Å². The van der Waals surface area contributed by atoms with E-state index in [0.717, 1.165) is 5.56 Å². The lowest BCUT2D eigenvalue weighted by molar-refractivity contribution is 0.233. The van der Waals surface area contributed by atoms with Crippen LogP contribution in [-0.4, -0.2) is 11.2 Å². The first-order chi connectivity index (χ1) is 5.83. The molecule has 1 heteroatoms. The quantitative estimate of drug-likeness (QED) is 0.652. The second kappa shape index (κ2) is 4.58. The Morgan fingerprint density at radius 2 is 2.00 bits per heavy atom. The van der Waals surface area contributed by atoms with E-state index in [4.69, 9.17) is 0 Å². The zero-order valence-electron chi connectivity index (χ0n) is 7.12. The Morgan fingerprint density at radius 3 is 2.58 bits per heavy atom. The van der Waals surface area contributed by atoms with Crippen molar-refractivity contribution in [2.24, 2.45) is 0 Å². The minimum atomic E-state index is -0.530. The summed E-state index contributed by atoms with van der Waals surface area (Å²) >= 11 is 0. The van der Waals surface area contributed by atoms with Crippen LogP contribution in [0.25, 0.3) is 0 Å². The first-order valence-corrected chi connectivity index (χ1v) is 3.97. The molecule has 0 saturated carbocycles. The Labute approximate surface area is 73.0 Å². The highest BCUT2D eigenvalue weighted by molar-refractivity contribution is 5.18. The highest BCUT2D eigenvalue weighted by Crippen LogP contribution is 2.01. The van der Waals surface area contributed by atoms with E-state index in [-0.39, 0.29) is 0 Å². The summed E-state index contributed by atoms with van der Waals surface area (Å²) in [4.78, 5) is 0. The minimum absolute atomic E-state index is 0.530. The third-order valence-electron chi connectivity index (χ3n) is 1.58. The predicted molar refractivity (Wildman–Crippen MR) is 49.6 cm³/mol. The molecular weight excluding hydrogens is 148 g/mol. The number of benzene rings is 1. The molecule has 1 aromatic carbocycles. The van der Waals surface area contributed by atoms with Gasteiger partial charge >= 0.3 is 0 Å². The molecule has 1 nitrogen and oxygen atoms in total. The van der Waals surface area contributed by atoms with Crippen molar-refractivity contribution in [1.82, 2.24) is 0 Å². The van der Waals surface area contributed by atoms with Crippen molar-refractivity contribution in [3.05, 3.63) is 35.9 Å². The van der Waals surface area contributed by atoms with Gasteiger partial charge < -0.3 is 5.11 Å². The van der Waals surface area contributed by atoms with Crippen LogP contribution < -0.4 is 0 Å². The van der Waals surface area contributed by atoms with Crippen LogP contribution in [0.5, 0.6) is 0 Å². The Bertz CT molecular complexity index is 279. The van der Waals surface area contributed by atoms with Gasteiger partial charge in [0.25, 0.3) is 0 Å². The maximum atomic E-state index is 9.33. The number of aliphatic hydroxyl groups excluding tert-OH is 1. The van der Waals surface area contributed by atoms with Crippen molar-refractivity contribution < 1.29 is 5.11 Å². The fraction of sp³-hybridized carbons (Fsp3) is 0.273. The monoisotopic (exact) mass is 160 g/mol. The van der Waals surface area contributed by atoms with Gasteiger partial charge in [-0.25, -0.2) is 0 Å². The first-order valence-electron chi connectivity index (χ1n) is 3.97. The molecule has 0 spiro atoms. The van der Waals surface area contributed by atoms with Gasteiger partial charge in [0.15, 0.2) is 0 Å². The molecule has 0 aliphatic carbocycles. The van der Waals surface area contributed by atoms with Crippen LogP contribution in [0, 0.1) is 11.8 Å². The summed E-state index contributed by atoms with van der Waals surface area (Å²) in [6, 6.07) is 9.85. The molecule has 1 N–H and O–H groups in total. The molecule has 0 amide bonds. The Kier molecular flexibility index (Phi) is 3.37. The van der Waals surface area contributed by atoms with Gasteiger partial charge in [0.1, 0.15) is 6.10 Å². The van der Waals surface area contributed by atoms with Gasteiger partial charge in [0.2, 0.25) is 0 Å². The maximum Gasteiger partial charge on any atom is 0.118 e. The van der Waals surface area contributed by atoms with Crippen molar-refractivity contribution in [3.8, 4) is 11.8 Å². The van der Waals surface area contributed by atoms with E-state index in [1.54, 1.807) is 6.92 Å². The van der Waals surface area contributed by atoms with Gasteiger partial charge in [0.05, 0.1) is 0 Å². The van der Waals surface area contributed by atoms with Gasteiger partial charge in [0, 0.05) is 6.42 Å². The maximum absolute atomic E-state index is 9.33. The summed E-state index contributed by atoms with van der Waals surface area (Å²) in [5.74, 6) is 5.39. The molecule has 0 fully saturated rings. The minimum Gasteiger partial charge on any atom is -0.380 e. The molecule has 1 aromatic rings. The molecule has 0 aromatic heterocycles. The highest BCUT2D eigenvalue weighted by Gasteiger charge is 1.99. The van der Waals surface area contributed by atoms with E-state index in [0.29, 0.717) is 6.42 Å². The van der Waals surface area contributed by atoms with Crippen molar-refractivity contribution in [2.45, 2.75) is 19.4 Å². The van der Waals surface area contributed by atoms with E-state index >= 15 is 0 Å². The van der Waals surface area contributed by atoms with Gasteiger partial charge in [-0.15, -0.1) is 5.92 Å². The zero-order chi connectivity index (χ0) is 8.81. The summed E-state index contributed by atoms with van der Waals surface area (Å²) in [6.07, 6.45) is 0.0826. The van der Waals surface area contributed by atoms with Crippen LogP contribution >= 0.6 is 0 Å². The van der Waals surface area contributed by atoms with E-state index in [1.165, 1.54) is 0 Å². The lowest BCUT2D eigenvalue weighted by atomic mass is 10.1. The molecule has 1 unspecified atom stereocenters. The molecule has 1 rings (SSSR count). The Morgan fingerprint density at radius 1 is 1.33 bits per heavy atom. The van der Waals surface area contributed by atoms with Crippen LogP contribution in [0.15, 0.2) is 30.3 Å². The van der Waals surface area contributed by atoms with Crippen LogP contribution in [0.4, 0.5) is 0 Å². The molecule has 0 aliphatic heterocycles. The zero-order valence-corrected chi connectivity index (χ0v) is 7.12. The summed E-state index contributed by atoms with van der Waals surface area (Å²) in [7, 11) is 0. The second-order valence-electron chi connectivity index (χ2n) is 2.60. The average Bonchev–Trinajstić information content (AvgIpc) is 2.06. The van der Waals surface area contributed by atoms with Crippen molar-refractivity contribution >= 4 is 0 Å². The molecule has 0 radical (unpaired) electrons. The second-order valence-corrected chi connectivity index (χ2v) is 2.60. The van der Waals surface area contributed by atoms with Crippen molar-refractivity contribution in [2.75, 3.05) is 0 Å². The topological polar surface area (TPSA) is 20.2 Å². The van der Waals surface area contributed by atoms with Gasteiger partial charge in [-0.1, -0.05) is 36.3 Å². The summed E-state index contributed by atoms with van der Waals surface area (Å²) in [5.41, 5.74) is 1.12. The standard InChI is InChI=1S/C11H12O/c1-2-6-11(12)9-10-7-4-3-5-8-10/h3-5,7-8,11-12H,9H2,1H3. The van der Waals surface area contributed by atoms with Crippen LogP contribution in [-0.2, 0) is 6.42 Å². The number of hydrogen-bond acceptors (Lipinski definition) is 1. The lowest BCUT2D eigenvalue weighted by Crippen LogP contribution is -2.06. The average molecular weight is 160 g/mol. The molecule has 1 atom stereocenters. The van der Waals surface area contributed by atoms with Gasteiger partial charge in [-0.2, -0.15) is 0 Å². The van der Waals surface area contributed by atoms with E-state index in [2.05, 4.69) is 11.8 Å². The highest BCUT2D eigenvalue weighted by atomic mass is 16.3. The predicted octanol–water partition coefficient (Wildman–Crippen LogP) is 1.61. The smallest absolute Gasteiger partial charge is 0.118 e.